The summed E-state index contributed by atoms with van der Waals surface area (Å²) in [6.45, 7) is -0.448. The second-order valence-corrected chi connectivity index (χ2v) is 6.72. The summed E-state index contributed by atoms with van der Waals surface area (Å²) in [4.78, 5) is 44.5. The summed E-state index contributed by atoms with van der Waals surface area (Å²) in [6, 6.07) is 5.32. The number of amides is 1. The first kappa shape index (κ1) is 17.8. The number of hydrogen-bond donors (Lipinski definition) is 0. The second-order valence-electron chi connectivity index (χ2n) is 5.07. The molecule has 1 saturated heterocycles. The van der Waals surface area contributed by atoms with Gasteiger partial charge in [-0.1, -0.05) is 20.1 Å². The molecule has 2 rings (SSSR count). The standard InChI is InChI=1S/C13H16F2NO6P/c1-21-11-4-2-9(3-5-11)7-16-10(8-22-12(16)17)6-13(14,15)23(18,19)20/h2-5,10H,6-8H2,1H3,(H2,18,19,20)/p-2/t10-/m0/s1. The van der Waals surface area contributed by atoms with Gasteiger partial charge < -0.3 is 24.2 Å². The van der Waals surface area contributed by atoms with E-state index in [0.29, 0.717) is 11.3 Å². The van der Waals surface area contributed by atoms with Crippen molar-refractivity contribution in [3.8, 4) is 5.75 Å². The number of cyclic esters (lactones) is 1. The molecular weight excluding hydrogens is 335 g/mol. The highest BCUT2D eigenvalue weighted by molar-refractivity contribution is 7.55. The Morgan fingerprint density at radius 1 is 1.35 bits per heavy atom. The van der Waals surface area contributed by atoms with E-state index in [1.165, 1.54) is 7.11 Å². The van der Waals surface area contributed by atoms with Gasteiger partial charge in [0.1, 0.15) is 12.4 Å². The molecule has 7 nitrogen and oxygen atoms in total. The zero-order valence-electron chi connectivity index (χ0n) is 12.1. The Hall–Kier alpha value is -1.54. The van der Waals surface area contributed by atoms with Gasteiger partial charge in [0, 0.05) is 6.54 Å². The summed E-state index contributed by atoms with van der Waals surface area (Å²) < 4.78 is 36.5. The molecule has 1 aliphatic heterocycles. The largest absolute Gasteiger partial charge is 0.683 e. The maximum Gasteiger partial charge on any atom is 0.410 e. The Balaban J connectivity index is 2.10. The normalized spacial score (nSPS) is 19.0. The van der Waals surface area contributed by atoms with Crippen molar-refractivity contribution in [2.45, 2.75) is 24.7 Å². The molecule has 0 radical (unpaired) electrons. The zero-order chi connectivity index (χ0) is 17.3. The van der Waals surface area contributed by atoms with E-state index in [1.807, 2.05) is 0 Å². The molecule has 1 heterocycles. The molecule has 10 heteroatoms. The number of ether oxygens (including phenoxy) is 2. The highest BCUT2D eigenvalue weighted by Crippen LogP contribution is 2.52. The molecule has 0 saturated carbocycles. The maximum atomic E-state index is 13.4. The number of carbonyl (C=O) groups excluding carboxylic acids is 1. The van der Waals surface area contributed by atoms with E-state index >= 15 is 0 Å². The SMILES string of the molecule is COc1ccc(CN2C(=O)OC[C@@H]2CC(F)(F)[P+]([O-])([O-])[O-])cc1. The molecule has 0 spiro atoms. The van der Waals surface area contributed by atoms with E-state index in [0.717, 1.165) is 4.90 Å². The van der Waals surface area contributed by atoms with E-state index in [1.54, 1.807) is 24.3 Å². The molecule has 1 aromatic rings. The highest BCUT2D eigenvalue weighted by atomic mass is 31.2. The fourth-order valence-electron chi connectivity index (χ4n) is 2.18. The van der Waals surface area contributed by atoms with Gasteiger partial charge >= 0.3 is 11.8 Å². The topological polar surface area (TPSA) is 108 Å². The monoisotopic (exact) mass is 349 g/mol. The molecule has 1 atom stereocenters. The molecule has 1 amide bonds. The maximum absolute atomic E-state index is 13.4. The van der Waals surface area contributed by atoms with Crippen LogP contribution in [0.3, 0.4) is 0 Å². The van der Waals surface area contributed by atoms with E-state index in [2.05, 4.69) is 4.74 Å². The van der Waals surface area contributed by atoms with Crippen LogP contribution in [0.1, 0.15) is 12.0 Å². The fraction of sp³-hybridized carbons (Fsp3) is 0.462. The van der Waals surface area contributed by atoms with Gasteiger partial charge in [0.05, 0.1) is 19.6 Å². The summed E-state index contributed by atoms with van der Waals surface area (Å²) >= 11 is 0. The van der Waals surface area contributed by atoms with Crippen LogP contribution in [0.25, 0.3) is 0 Å². The number of methoxy groups -OCH3 is 1. The minimum absolute atomic E-state index is 0.0500. The van der Waals surface area contributed by atoms with Crippen LogP contribution in [0.5, 0.6) is 5.75 Å². The Bertz CT molecular complexity index is 563. The molecule has 0 aromatic heterocycles. The van der Waals surface area contributed by atoms with E-state index in [-0.39, 0.29) is 6.54 Å². The molecular formula is C13H14F2NO6P-2. The lowest BCUT2D eigenvalue weighted by Gasteiger charge is -2.47. The van der Waals surface area contributed by atoms with Gasteiger partial charge in [-0.05, 0) is 17.7 Å². The second kappa shape index (κ2) is 6.52. The van der Waals surface area contributed by atoms with Crippen molar-refractivity contribution in [3.63, 3.8) is 0 Å². The van der Waals surface area contributed by atoms with Crippen molar-refractivity contribution in [1.82, 2.24) is 4.90 Å². The number of alkyl halides is 2. The van der Waals surface area contributed by atoms with Gasteiger partial charge in [-0.2, -0.15) is 8.78 Å². The van der Waals surface area contributed by atoms with Crippen LogP contribution in [0.4, 0.5) is 13.6 Å². The summed E-state index contributed by atoms with van der Waals surface area (Å²) in [5.74, 6) is 0.583. The van der Waals surface area contributed by atoms with Crippen LogP contribution in [-0.2, 0) is 11.3 Å². The van der Waals surface area contributed by atoms with Crippen molar-refractivity contribution in [2.24, 2.45) is 0 Å². The summed E-state index contributed by atoms with van der Waals surface area (Å²) in [7, 11) is -4.62. The first-order chi connectivity index (χ1) is 10.6. The number of benzene rings is 1. The zero-order valence-corrected chi connectivity index (χ0v) is 13.0. The molecule has 0 bridgehead atoms. The van der Waals surface area contributed by atoms with Crippen LogP contribution in [-0.4, -0.2) is 36.4 Å². The average molecular weight is 349 g/mol. The number of hydrogen-bond acceptors (Lipinski definition) is 6. The van der Waals surface area contributed by atoms with Gasteiger partial charge in [0.2, 0.25) is 0 Å². The smallest absolute Gasteiger partial charge is 0.410 e. The first-order valence-electron chi connectivity index (χ1n) is 6.60. The third kappa shape index (κ3) is 4.06. The van der Waals surface area contributed by atoms with Crippen LogP contribution >= 0.6 is 7.94 Å². The van der Waals surface area contributed by atoms with Gasteiger partial charge in [-0.15, -0.1) is 0 Å². The molecule has 128 valence electrons. The lowest BCUT2D eigenvalue weighted by Crippen LogP contribution is -2.48. The molecule has 1 fully saturated rings. The lowest BCUT2D eigenvalue weighted by molar-refractivity contribution is -0.446. The van der Waals surface area contributed by atoms with Gasteiger partial charge in [-0.3, -0.25) is 4.90 Å². The first-order valence-corrected chi connectivity index (χ1v) is 8.14. The molecule has 1 aromatic carbocycles. The lowest BCUT2D eigenvalue weighted by atomic mass is 10.1. The average Bonchev–Trinajstić information content (AvgIpc) is 2.79. The third-order valence-corrected chi connectivity index (χ3v) is 4.45. The van der Waals surface area contributed by atoms with E-state index in [4.69, 9.17) is 4.74 Å². The van der Waals surface area contributed by atoms with Gasteiger partial charge in [0.15, 0.2) is 0 Å². The molecule has 1 aliphatic rings. The van der Waals surface area contributed by atoms with Crippen LogP contribution in [0.15, 0.2) is 24.3 Å². The molecule has 0 N–H and O–H groups in total. The fourth-order valence-corrected chi connectivity index (χ4v) is 2.61. The Labute approximate surface area is 131 Å². The van der Waals surface area contributed by atoms with Crippen LogP contribution < -0.4 is 19.4 Å². The van der Waals surface area contributed by atoms with Crippen molar-refractivity contribution >= 4 is 14.0 Å². The quantitative estimate of drug-likeness (QED) is 0.661. The molecule has 0 unspecified atom stereocenters. The minimum Gasteiger partial charge on any atom is -0.683 e. The highest BCUT2D eigenvalue weighted by Gasteiger charge is 2.46. The van der Waals surface area contributed by atoms with Crippen molar-refractivity contribution in [1.29, 1.82) is 0 Å². The summed E-state index contributed by atoms with van der Waals surface area (Å²) in [6.07, 6.45) is -2.13. The van der Waals surface area contributed by atoms with E-state index in [9.17, 15) is 28.3 Å². The summed E-state index contributed by atoms with van der Waals surface area (Å²) in [5, 5.41) is 0. The number of halogens is 2. The Morgan fingerprint density at radius 2 is 1.96 bits per heavy atom. The van der Waals surface area contributed by atoms with E-state index < -0.39 is 38.8 Å². The van der Waals surface area contributed by atoms with Crippen LogP contribution in [0, 0.1) is 0 Å². The van der Waals surface area contributed by atoms with Gasteiger partial charge in [-0.25, -0.2) is 4.79 Å². The Kier molecular flexibility index (Phi) is 5.05. The summed E-state index contributed by atoms with van der Waals surface area (Å²) in [5.41, 5.74) is -3.82. The van der Waals surface area contributed by atoms with Crippen molar-refractivity contribution in [3.05, 3.63) is 29.8 Å². The van der Waals surface area contributed by atoms with Gasteiger partial charge in [0.25, 0.3) is 0 Å². The van der Waals surface area contributed by atoms with Crippen molar-refractivity contribution < 1.29 is 37.7 Å². The minimum atomic E-state index is -6.10. The molecule has 23 heavy (non-hydrogen) atoms. The number of rotatable bonds is 6. The number of nitrogens with zero attached hydrogens (tertiary/aromatic N) is 1. The predicted molar refractivity (Wildman–Crippen MR) is 70.2 cm³/mol. The predicted octanol–water partition coefficient (Wildman–Crippen LogP) is -0.158. The third-order valence-electron chi connectivity index (χ3n) is 3.47. The Morgan fingerprint density at radius 3 is 2.48 bits per heavy atom. The molecule has 0 aliphatic carbocycles. The van der Waals surface area contributed by atoms with Crippen LogP contribution in [0.2, 0.25) is 0 Å². The van der Waals surface area contributed by atoms with Crippen molar-refractivity contribution in [2.75, 3.05) is 13.7 Å². The number of carbonyl (C=O) groups is 1.